The van der Waals surface area contributed by atoms with Crippen LogP contribution in [-0.4, -0.2) is 6.54 Å². The van der Waals surface area contributed by atoms with Gasteiger partial charge in [-0.3, -0.25) is 0 Å². The van der Waals surface area contributed by atoms with Gasteiger partial charge in [0, 0.05) is 13.1 Å². The molecule has 0 fully saturated rings. The van der Waals surface area contributed by atoms with E-state index in [2.05, 4.69) is 43.4 Å². The minimum Gasteiger partial charge on any atom is -0.312 e. The quantitative estimate of drug-likeness (QED) is 0.794. The van der Waals surface area contributed by atoms with Crippen LogP contribution in [0.1, 0.15) is 43.7 Å². The van der Waals surface area contributed by atoms with Gasteiger partial charge in [0.25, 0.3) is 0 Å². The molecule has 0 radical (unpaired) electrons. The molecule has 0 saturated heterocycles. The van der Waals surface area contributed by atoms with E-state index in [1.54, 1.807) is 5.56 Å². The van der Waals surface area contributed by atoms with Crippen molar-refractivity contribution < 1.29 is 0 Å². The molecule has 1 aromatic carbocycles. The molecule has 0 bridgehead atoms. The summed E-state index contributed by atoms with van der Waals surface area (Å²) in [6.45, 7) is 6.82. The van der Waals surface area contributed by atoms with Crippen molar-refractivity contribution in [2.45, 2.75) is 39.2 Å². The van der Waals surface area contributed by atoms with Gasteiger partial charge in [0.1, 0.15) is 0 Å². The topological polar surface area (TPSA) is 12.0 Å². The minimum absolute atomic E-state index is 0.734. The number of nitrogens with one attached hydrogen (secondary N) is 1. The van der Waals surface area contributed by atoms with Gasteiger partial charge in [-0.05, 0) is 29.4 Å². The zero-order valence-electron chi connectivity index (χ0n) is 9.79. The molecule has 1 nitrogen and oxygen atoms in total. The maximum absolute atomic E-state index is 3.51. The average Bonchev–Trinajstić information content (AvgIpc) is 2.26. The maximum Gasteiger partial charge on any atom is 0.0208 e. The van der Waals surface area contributed by atoms with Crippen molar-refractivity contribution in [3.8, 4) is 0 Å². The Morgan fingerprint density at radius 3 is 2.93 bits per heavy atom. The Balaban J connectivity index is 2.08. The second kappa shape index (κ2) is 4.80. The van der Waals surface area contributed by atoms with Gasteiger partial charge in [-0.2, -0.15) is 0 Å². The average molecular weight is 203 g/mol. The van der Waals surface area contributed by atoms with Gasteiger partial charge >= 0.3 is 0 Å². The summed E-state index contributed by atoms with van der Waals surface area (Å²) >= 11 is 0. The molecule has 0 aliphatic carbocycles. The van der Waals surface area contributed by atoms with Gasteiger partial charge < -0.3 is 5.32 Å². The van der Waals surface area contributed by atoms with E-state index in [-0.39, 0.29) is 0 Å². The number of fused-ring (bicyclic) bond motifs is 1. The summed E-state index contributed by atoms with van der Waals surface area (Å²) in [7, 11) is 0. The molecule has 1 N–H and O–H groups in total. The molecule has 1 unspecified atom stereocenters. The molecule has 0 aromatic heterocycles. The van der Waals surface area contributed by atoms with Gasteiger partial charge in [0.2, 0.25) is 0 Å². The van der Waals surface area contributed by atoms with Gasteiger partial charge in [0.15, 0.2) is 0 Å². The fourth-order valence-electron chi connectivity index (χ4n) is 2.38. The summed E-state index contributed by atoms with van der Waals surface area (Å²) in [6.07, 6.45) is 2.66. The summed E-state index contributed by atoms with van der Waals surface area (Å²) in [4.78, 5) is 0. The van der Waals surface area contributed by atoms with Crippen LogP contribution in [0.3, 0.4) is 0 Å². The van der Waals surface area contributed by atoms with Crippen molar-refractivity contribution in [3.63, 3.8) is 0 Å². The summed E-state index contributed by atoms with van der Waals surface area (Å²) < 4.78 is 0. The summed E-state index contributed by atoms with van der Waals surface area (Å²) in [5.74, 6) is 1.55. The molecule has 1 aliphatic rings. The number of benzene rings is 1. The number of hydrogen-bond acceptors (Lipinski definition) is 1. The molecule has 1 heteroatoms. The normalized spacial score (nSPS) is 20.3. The molecule has 1 aliphatic heterocycles. The molecule has 0 saturated carbocycles. The predicted molar refractivity (Wildman–Crippen MR) is 65.0 cm³/mol. The lowest BCUT2D eigenvalue weighted by molar-refractivity contribution is 0.456. The second-order valence-corrected chi connectivity index (χ2v) is 5.00. The van der Waals surface area contributed by atoms with Crippen LogP contribution < -0.4 is 5.32 Å². The molecule has 15 heavy (non-hydrogen) atoms. The van der Waals surface area contributed by atoms with E-state index in [9.17, 15) is 0 Å². The van der Waals surface area contributed by atoms with Crippen molar-refractivity contribution >= 4 is 0 Å². The Hall–Kier alpha value is -0.820. The van der Waals surface area contributed by atoms with E-state index >= 15 is 0 Å². The molecule has 2 rings (SSSR count). The summed E-state index contributed by atoms with van der Waals surface area (Å²) in [5, 5.41) is 3.51. The third-order valence-electron chi connectivity index (χ3n) is 3.29. The molecule has 0 spiro atoms. The second-order valence-electron chi connectivity index (χ2n) is 5.00. The lowest BCUT2D eigenvalue weighted by Gasteiger charge is -2.26. The van der Waals surface area contributed by atoms with E-state index < -0.39 is 0 Å². The van der Waals surface area contributed by atoms with E-state index in [1.807, 2.05) is 0 Å². The SMILES string of the molecule is CC(C)CCC1CNCc2ccccc21. The van der Waals surface area contributed by atoms with E-state index in [4.69, 9.17) is 0 Å². The van der Waals surface area contributed by atoms with Crippen LogP contribution in [0, 0.1) is 5.92 Å². The monoisotopic (exact) mass is 203 g/mol. The molecule has 1 aromatic rings. The van der Waals surface area contributed by atoms with Crippen LogP contribution in [0.2, 0.25) is 0 Å². The number of hydrogen-bond donors (Lipinski definition) is 1. The molecular formula is C14H21N. The Morgan fingerprint density at radius 2 is 2.13 bits per heavy atom. The van der Waals surface area contributed by atoms with Gasteiger partial charge in [0.05, 0.1) is 0 Å². The first kappa shape index (κ1) is 10.7. The van der Waals surface area contributed by atoms with Crippen LogP contribution in [0.25, 0.3) is 0 Å². The Kier molecular flexibility index (Phi) is 3.42. The van der Waals surface area contributed by atoms with Crippen LogP contribution in [0.15, 0.2) is 24.3 Å². The zero-order chi connectivity index (χ0) is 10.7. The van der Waals surface area contributed by atoms with E-state index in [1.165, 1.54) is 18.4 Å². The Morgan fingerprint density at radius 1 is 1.33 bits per heavy atom. The fraction of sp³-hybridized carbons (Fsp3) is 0.571. The molecule has 1 atom stereocenters. The smallest absolute Gasteiger partial charge is 0.0208 e. The first-order valence-electron chi connectivity index (χ1n) is 6.06. The molecular weight excluding hydrogens is 182 g/mol. The third kappa shape index (κ3) is 2.60. The fourth-order valence-corrected chi connectivity index (χ4v) is 2.38. The predicted octanol–water partition coefficient (Wildman–Crippen LogP) is 3.31. The van der Waals surface area contributed by atoms with E-state index in [0.717, 1.165) is 24.9 Å². The summed E-state index contributed by atoms with van der Waals surface area (Å²) in [6, 6.07) is 8.88. The van der Waals surface area contributed by atoms with Crippen molar-refractivity contribution in [1.29, 1.82) is 0 Å². The molecule has 1 heterocycles. The van der Waals surface area contributed by atoms with Gasteiger partial charge in [-0.15, -0.1) is 0 Å². The lowest BCUT2D eigenvalue weighted by Crippen LogP contribution is -2.28. The van der Waals surface area contributed by atoms with Gasteiger partial charge in [-0.25, -0.2) is 0 Å². The Bertz CT molecular complexity index is 317. The zero-order valence-corrected chi connectivity index (χ0v) is 9.79. The van der Waals surface area contributed by atoms with Crippen LogP contribution in [0.4, 0.5) is 0 Å². The standard InChI is InChI=1S/C14H21N/c1-11(2)7-8-13-10-15-9-12-5-3-4-6-14(12)13/h3-6,11,13,15H,7-10H2,1-2H3. The highest BCUT2D eigenvalue weighted by Gasteiger charge is 2.18. The largest absolute Gasteiger partial charge is 0.312 e. The highest BCUT2D eigenvalue weighted by Crippen LogP contribution is 2.28. The Labute approximate surface area is 92.9 Å². The van der Waals surface area contributed by atoms with E-state index in [0.29, 0.717) is 0 Å². The van der Waals surface area contributed by atoms with Gasteiger partial charge in [-0.1, -0.05) is 44.5 Å². The molecule has 82 valence electrons. The highest BCUT2D eigenvalue weighted by molar-refractivity contribution is 5.32. The first-order valence-corrected chi connectivity index (χ1v) is 6.06. The lowest BCUT2D eigenvalue weighted by atomic mass is 9.86. The van der Waals surface area contributed by atoms with Crippen molar-refractivity contribution in [3.05, 3.63) is 35.4 Å². The highest BCUT2D eigenvalue weighted by atomic mass is 14.9. The van der Waals surface area contributed by atoms with Crippen LogP contribution in [0.5, 0.6) is 0 Å². The molecule has 0 amide bonds. The van der Waals surface area contributed by atoms with Crippen molar-refractivity contribution in [1.82, 2.24) is 5.32 Å². The number of rotatable bonds is 3. The maximum atomic E-state index is 3.51. The van der Waals surface area contributed by atoms with Crippen molar-refractivity contribution in [2.24, 2.45) is 5.92 Å². The van der Waals surface area contributed by atoms with Crippen LogP contribution in [-0.2, 0) is 6.54 Å². The first-order chi connectivity index (χ1) is 7.27. The summed E-state index contributed by atoms with van der Waals surface area (Å²) in [5.41, 5.74) is 3.08. The third-order valence-corrected chi connectivity index (χ3v) is 3.29. The van der Waals surface area contributed by atoms with Crippen LogP contribution >= 0.6 is 0 Å². The minimum atomic E-state index is 0.734. The van der Waals surface area contributed by atoms with Crippen molar-refractivity contribution in [2.75, 3.05) is 6.54 Å².